The number of carbonyl (C=O) groups excluding carboxylic acids is 2. The summed E-state index contributed by atoms with van der Waals surface area (Å²) in [5.41, 5.74) is 1.39. The molecule has 1 N–H and O–H groups in total. The van der Waals surface area contributed by atoms with Gasteiger partial charge in [-0.2, -0.15) is 4.98 Å². The monoisotopic (exact) mass is 556 g/mol. The van der Waals surface area contributed by atoms with Crippen molar-refractivity contribution in [2.45, 2.75) is 25.4 Å². The first-order valence-electron chi connectivity index (χ1n) is 13.3. The molecule has 4 aromatic rings. The Kier molecular flexibility index (Phi) is 8.37. The number of hydrogen-bond donors (Lipinski definition) is 1. The minimum Gasteiger partial charge on any atom is -0.493 e. The highest BCUT2D eigenvalue weighted by Gasteiger charge is 2.33. The molecule has 1 fully saturated rings. The zero-order valence-electron chi connectivity index (χ0n) is 23.2. The fourth-order valence-electron chi connectivity index (χ4n) is 4.91. The molecule has 1 saturated heterocycles. The first kappa shape index (κ1) is 27.6. The van der Waals surface area contributed by atoms with Gasteiger partial charge in [0.2, 0.25) is 11.9 Å². The lowest BCUT2D eigenvalue weighted by molar-refractivity contribution is -0.122. The predicted molar refractivity (Wildman–Crippen MR) is 151 cm³/mol. The summed E-state index contributed by atoms with van der Waals surface area (Å²) in [6.45, 7) is 3.22. The maximum absolute atomic E-state index is 13.4. The van der Waals surface area contributed by atoms with E-state index in [1.807, 2.05) is 31.2 Å². The van der Waals surface area contributed by atoms with Crippen LogP contribution >= 0.6 is 0 Å². The molecule has 0 radical (unpaired) electrons. The molecule has 0 saturated carbocycles. The van der Waals surface area contributed by atoms with Gasteiger partial charge in [-0.25, -0.2) is 9.97 Å². The second-order valence-corrected chi connectivity index (χ2v) is 9.63. The number of pyridine rings is 1. The number of anilines is 1. The molecule has 2 amide bonds. The Morgan fingerprint density at radius 3 is 2.63 bits per heavy atom. The van der Waals surface area contributed by atoms with E-state index in [1.54, 1.807) is 73.1 Å². The molecule has 2 atom stereocenters. The Morgan fingerprint density at radius 2 is 1.90 bits per heavy atom. The highest BCUT2D eigenvalue weighted by atomic mass is 16.5. The zero-order valence-corrected chi connectivity index (χ0v) is 23.2. The van der Waals surface area contributed by atoms with E-state index in [9.17, 15) is 9.59 Å². The fraction of sp³-hybridized carbons (Fsp3) is 0.310. The van der Waals surface area contributed by atoms with Crippen LogP contribution < -0.4 is 19.7 Å². The van der Waals surface area contributed by atoms with Gasteiger partial charge in [0, 0.05) is 57.0 Å². The van der Waals surface area contributed by atoms with Crippen LogP contribution in [0.2, 0.25) is 0 Å². The molecule has 12 nitrogen and oxygen atoms in total. The quantitative estimate of drug-likeness (QED) is 0.331. The van der Waals surface area contributed by atoms with Crippen LogP contribution in [-0.2, 0) is 4.79 Å². The summed E-state index contributed by atoms with van der Waals surface area (Å²) in [4.78, 5) is 47.8. The summed E-state index contributed by atoms with van der Waals surface area (Å²) in [5.74, 6) is 2.07. The number of hydrogen-bond acceptors (Lipinski definition) is 9. The summed E-state index contributed by atoms with van der Waals surface area (Å²) in [5, 5.41) is 3.09. The Bertz CT molecular complexity index is 1480. The molecule has 212 valence electrons. The number of aromatic nitrogens is 5. The average Bonchev–Trinajstić information content (AvgIpc) is 3.56. The van der Waals surface area contributed by atoms with Gasteiger partial charge in [-0.3, -0.25) is 19.1 Å². The van der Waals surface area contributed by atoms with Crippen molar-refractivity contribution in [2.75, 3.05) is 38.8 Å². The standard InChI is InChI=1S/C29H32N8O4/c1-20(21-6-7-24(40-2)25(15-21)41-3)33-27(38)16-23-18-35(28(39)22-5-4-9-30-17-22)13-14-37(23)26-8-10-32-29(34-26)36-12-11-31-19-36/h4-12,15,17,19-20,23H,13-14,16,18H2,1-3H3,(H,33,38). The molecule has 4 heterocycles. The third kappa shape index (κ3) is 6.26. The van der Waals surface area contributed by atoms with Gasteiger partial charge in [0.1, 0.15) is 12.1 Å². The Balaban J connectivity index is 1.36. The van der Waals surface area contributed by atoms with Gasteiger partial charge in [0.25, 0.3) is 5.91 Å². The lowest BCUT2D eigenvalue weighted by atomic mass is 10.0. The van der Waals surface area contributed by atoms with Crippen molar-refractivity contribution < 1.29 is 19.1 Å². The van der Waals surface area contributed by atoms with Gasteiger partial charge in [0.15, 0.2) is 11.5 Å². The van der Waals surface area contributed by atoms with Crippen LogP contribution in [0.5, 0.6) is 11.5 Å². The summed E-state index contributed by atoms with van der Waals surface area (Å²) >= 11 is 0. The number of imidazole rings is 1. The maximum atomic E-state index is 13.4. The van der Waals surface area contributed by atoms with E-state index in [2.05, 4.69) is 25.2 Å². The average molecular weight is 557 g/mol. The normalized spacial score (nSPS) is 15.7. The smallest absolute Gasteiger partial charge is 0.255 e. The van der Waals surface area contributed by atoms with E-state index in [1.165, 1.54) is 0 Å². The number of piperazine rings is 1. The highest BCUT2D eigenvalue weighted by Crippen LogP contribution is 2.30. The summed E-state index contributed by atoms with van der Waals surface area (Å²) in [6.07, 6.45) is 10.1. The van der Waals surface area contributed by atoms with Gasteiger partial charge in [-0.15, -0.1) is 0 Å². The first-order valence-corrected chi connectivity index (χ1v) is 13.3. The molecule has 1 aliphatic heterocycles. The minimum atomic E-state index is -0.326. The van der Waals surface area contributed by atoms with E-state index in [0.29, 0.717) is 48.5 Å². The van der Waals surface area contributed by atoms with Gasteiger partial charge in [0.05, 0.1) is 31.9 Å². The van der Waals surface area contributed by atoms with Crippen LogP contribution in [0.1, 0.15) is 35.3 Å². The number of amides is 2. The number of carbonyl (C=O) groups is 2. The largest absolute Gasteiger partial charge is 0.493 e. The second-order valence-electron chi connectivity index (χ2n) is 9.63. The van der Waals surface area contributed by atoms with Crippen LogP contribution in [0.4, 0.5) is 5.82 Å². The van der Waals surface area contributed by atoms with Crippen molar-refractivity contribution >= 4 is 17.6 Å². The molecule has 41 heavy (non-hydrogen) atoms. The molecular weight excluding hydrogens is 524 g/mol. The number of nitrogens with one attached hydrogen (secondary N) is 1. The van der Waals surface area contributed by atoms with Gasteiger partial charge >= 0.3 is 0 Å². The molecule has 12 heteroatoms. The van der Waals surface area contributed by atoms with Crippen LogP contribution in [0.15, 0.2) is 73.7 Å². The third-order valence-electron chi connectivity index (χ3n) is 7.04. The molecular formula is C29H32N8O4. The Labute approximate surface area is 238 Å². The number of benzene rings is 1. The molecule has 2 unspecified atom stereocenters. The van der Waals surface area contributed by atoms with Crippen molar-refractivity contribution in [3.05, 3.63) is 84.8 Å². The van der Waals surface area contributed by atoms with Gasteiger partial charge in [-0.05, 0) is 42.8 Å². The van der Waals surface area contributed by atoms with Crippen LogP contribution in [0.3, 0.4) is 0 Å². The number of rotatable bonds is 9. The maximum Gasteiger partial charge on any atom is 0.255 e. The first-order chi connectivity index (χ1) is 20.0. The molecule has 0 bridgehead atoms. The van der Waals surface area contributed by atoms with Crippen LogP contribution in [-0.4, -0.2) is 81.1 Å². The van der Waals surface area contributed by atoms with Crippen molar-refractivity contribution in [2.24, 2.45) is 0 Å². The van der Waals surface area contributed by atoms with E-state index in [0.717, 1.165) is 5.56 Å². The van der Waals surface area contributed by atoms with Crippen molar-refractivity contribution in [3.8, 4) is 17.4 Å². The Hall–Kier alpha value is -5.00. The summed E-state index contributed by atoms with van der Waals surface area (Å²) < 4.78 is 12.5. The highest BCUT2D eigenvalue weighted by molar-refractivity contribution is 5.94. The zero-order chi connectivity index (χ0) is 28.8. The van der Waals surface area contributed by atoms with E-state index < -0.39 is 0 Å². The van der Waals surface area contributed by atoms with Crippen LogP contribution in [0.25, 0.3) is 5.95 Å². The fourth-order valence-corrected chi connectivity index (χ4v) is 4.91. The molecule has 5 rings (SSSR count). The van der Waals surface area contributed by atoms with Crippen molar-refractivity contribution in [1.29, 1.82) is 0 Å². The molecule has 1 aromatic carbocycles. The van der Waals surface area contributed by atoms with Crippen molar-refractivity contribution in [1.82, 2.24) is 34.7 Å². The van der Waals surface area contributed by atoms with E-state index in [-0.39, 0.29) is 30.3 Å². The Morgan fingerprint density at radius 1 is 1.05 bits per heavy atom. The van der Waals surface area contributed by atoms with Gasteiger partial charge in [-0.1, -0.05) is 6.07 Å². The minimum absolute atomic E-state index is 0.122. The molecule has 0 spiro atoms. The van der Waals surface area contributed by atoms with E-state index >= 15 is 0 Å². The summed E-state index contributed by atoms with van der Waals surface area (Å²) in [6, 6.07) is 10.3. The van der Waals surface area contributed by atoms with Gasteiger partial charge < -0.3 is 24.6 Å². The second kappa shape index (κ2) is 12.5. The van der Waals surface area contributed by atoms with Crippen LogP contribution in [0, 0.1) is 0 Å². The number of ether oxygens (including phenoxy) is 2. The predicted octanol–water partition coefficient (Wildman–Crippen LogP) is 2.67. The topological polar surface area (TPSA) is 128 Å². The lowest BCUT2D eigenvalue weighted by Gasteiger charge is -2.42. The molecule has 1 aliphatic rings. The molecule has 0 aliphatic carbocycles. The SMILES string of the molecule is COc1ccc(C(C)NC(=O)CC2CN(C(=O)c3cccnc3)CCN2c2ccnc(-n3ccnc3)n2)cc1OC. The van der Waals surface area contributed by atoms with E-state index in [4.69, 9.17) is 14.5 Å². The van der Waals surface area contributed by atoms with Crippen molar-refractivity contribution in [3.63, 3.8) is 0 Å². The number of methoxy groups -OCH3 is 2. The lowest BCUT2D eigenvalue weighted by Crippen LogP contribution is -2.56. The summed E-state index contributed by atoms with van der Waals surface area (Å²) in [7, 11) is 3.16. The molecule has 3 aromatic heterocycles. The third-order valence-corrected chi connectivity index (χ3v) is 7.04. The number of nitrogens with zero attached hydrogens (tertiary/aromatic N) is 7.